The zero-order valence-corrected chi connectivity index (χ0v) is 27.1. The molecule has 2 heteroatoms. The van der Waals surface area contributed by atoms with Crippen LogP contribution in [-0.2, 0) is 0 Å². The van der Waals surface area contributed by atoms with Gasteiger partial charge in [0.1, 0.15) is 0 Å². The molecule has 0 bridgehead atoms. The highest BCUT2D eigenvalue weighted by Crippen LogP contribution is 2.49. The average Bonchev–Trinajstić information content (AvgIpc) is 3.16. The van der Waals surface area contributed by atoms with Crippen molar-refractivity contribution in [2.45, 2.75) is 9.79 Å². The first-order chi connectivity index (χ1) is 23.8. The smallest absolute Gasteiger partial charge is 0.0467 e. The normalized spacial score (nSPS) is 11.7. The van der Waals surface area contributed by atoms with Crippen LogP contribution in [0.2, 0.25) is 0 Å². The molecule has 0 radical (unpaired) electrons. The van der Waals surface area contributed by atoms with Crippen molar-refractivity contribution in [1.29, 1.82) is 0 Å². The van der Waals surface area contributed by atoms with E-state index in [0.29, 0.717) is 0 Å². The van der Waals surface area contributed by atoms with E-state index in [0.717, 1.165) is 17.1 Å². The lowest BCUT2D eigenvalue weighted by Gasteiger charge is -2.27. The van der Waals surface area contributed by atoms with Crippen LogP contribution in [0.25, 0.3) is 55.3 Å². The van der Waals surface area contributed by atoms with Crippen LogP contribution >= 0.6 is 11.8 Å². The molecule has 8 aromatic rings. The van der Waals surface area contributed by atoms with Gasteiger partial charge in [-0.1, -0.05) is 151 Å². The van der Waals surface area contributed by atoms with Crippen molar-refractivity contribution in [2.75, 3.05) is 4.90 Å². The van der Waals surface area contributed by atoms with Crippen LogP contribution in [0.4, 0.5) is 17.1 Å². The molecule has 0 atom stereocenters. The largest absolute Gasteiger partial charge is 0.310 e. The fourth-order valence-corrected chi connectivity index (χ4v) is 8.09. The predicted octanol–water partition coefficient (Wildman–Crippen LogP) is 13.4. The Labute approximate surface area is 285 Å². The van der Waals surface area contributed by atoms with Gasteiger partial charge in [0, 0.05) is 32.2 Å². The molecule has 0 amide bonds. The van der Waals surface area contributed by atoms with Crippen LogP contribution in [-0.4, -0.2) is 0 Å². The fraction of sp³-hybridized carbons (Fsp3) is 0. The summed E-state index contributed by atoms with van der Waals surface area (Å²) < 4.78 is 0. The Balaban J connectivity index is 1.11. The van der Waals surface area contributed by atoms with E-state index < -0.39 is 0 Å². The molecule has 0 saturated carbocycles. The molecule has 0 N–H and O–H groups in total. The topological polar surface area (TPSA) is 3.24 Å². The molecule has 1 nitrogen and oxygen atoms in total. The summed E-state index contributed by atoms with van der Waals surface area (Å²) in [7, 11) is 0. The van der Waals surface area contributed by atoms with E-state index in [2.05, 4.69) is 193 Å². The highest BCUT2D eigenvalue weighted by Gasteiger charge is 2.20. The number of fused-ring (bicyclic) bond motifs is 2. The van der Waals surface area contributed by atoms with Gasteiger partial charge in [-0.15, -0.1) is 0 Å². The van der Waals surface area contributed by atoms with Crippen molar-refractivity contribution in [1.82, 2.24) is 0 Å². The zero-order valence-electron chi connectivity index (χ0n) is 26.3. The van der Waals surface area contributed by atoms with Gasteiger partial charge in [0.25, 0.3) is 0 Å². The molecule has 1 aliphatic heterocycles. The van der Waals surface area contributed by atoms with Crippen molar-refractivity contribution >= 4 is 39.6 Å². The third kappa shape index (κ3) is 5.17. The van der Waals surface area contributed by atoms with Crippen LogP contribution in [0.5, 0.6) is 0 Å². The summed E-state index contributed by atoms with van der Waals surface area (Å²) in [4.78, 5) is 5.00. The number of anilines is 3. The average molecular weight is 630 g/mol. The number of benzene rings is 8. The van der Waals surface area contributed by atoms with Crippen molar-refractivity contribution < 1.29 is 0 Å². The van der Waals surface area contributed by atoms with Crippen molar-refractivity contribution in [2.24, 2.45) is 0 Å². The third-order valence-corrected chi connectivity index (χ3v) is 10.4. The van der Waals surface area contributed by atoms with Gasteiger partial charge < -0.3 is 4.90 Å². The Morgan fingerprint density at radius 3 is 1.48 bits per heavy atom. The maximum Gasteiger partial charge on any atom is 0.0467 e. The lowest BCUT2D eigenvalue weighted by Crippen LogP contribution is -2.10. The van der Waals surface area contributed by atoms with Crippen LogP contribution in [0.1, 0.15) is 0 Å². The molecule has 1 aliphatic rings. The summed E-state index contributed by atoms with van der Waals surface area (Å²) in [6.07, 6.45) is 0. The molecule has 0 aromatic heterocycles. The Morgan fingerprint density at radius 1 is 0.312 bits per heavy atom. The molecule has 0 fully saturated rings. The molecular formula is C46H31NS. The lowest BCUT2D eigenvalue weighted by molar-refractivity contribution is 1.28. The van der Waals surface area contributed by atoms with E-state index in [4.69, 9.17) is 0 Å². The van der Waals surface area contributed by atoms with Crippen molar-refractivity contribution in [3.05, 3.63) is 188 Å². The molecule has 8 aromatic carbocycles. The van der Waals surface area contributed by atoms with Crippen LogP contribution in [0.15, 0.2) is 198 Å². The number of nitrogens with zero attached hydrogens (tertiary/aromatic N) is 1. The monoisotopic (exact) mass is 629 g/mol. The van der Waals surface area contributed by atoms with Crippen molar-refractivity contribution in [3.8, 4) is 44.5 Å². The quantitative estimate of drug-likeness (QED) is 0.180. The Morgan fingerprint density at radius 2 is 0.833 bits per heavy atom. The highest BCUT2D eigenvalue weighted by molar-refractivity contribution is 7.99. The van der Waals surface area contributed by atoms with E-state index in [1.54, 1.807) is 0 Å². The molecule has 0 unspecified atom stereocenters. The summed E-state index contributed by atoms with van der Waals surface area (Å²) in [5, 5.41) is 2.67. The van der Waals surface area contributed by atoms with E-state index in [1.165, 1.54) is 65.1 Å². The molecule has 48 heavy (non-hydrogen) atoms. The van der Waals surface area contributed by atoms with Gasteiger partial charge in [0.2, 0.25) is 0 Å². The summed E-state index contributed by atoms with van der Waals surface area (Å²) in [5.41, 5.74) is 13.2. The summed E-state index contributed by atoms with van der Waals surface area (Å²) in [6.45, 7) is 0. The maximum absolute atomic E-state index is 2.36. The minimum Gasteiger partial charge on any atom is -0.310 e. The maximum atomic E-state index is 2.36. The van der Waals surface area contributed by atoms with Gasteiger partial charge in [-0.3, -0.25) is 0 Å². The number of rotatable bonds is 6. The Kier molecular flexibility index (Phi) is 7.14. The first-order valence-corrected chi connectivity index (χ1v) is 17.2. The Hall–Kier alpha value is -5.83. The van der Waals surface area contributed by atoms with Gasteiger partial charge in [-0.25, -0.2) is 0 Å². The van der Waals surface area contributed by atoms with Gasteiger partial charge in [0.15, 0.2) is 0 Å². The van der Waals surface area contributed by atoms with Crippen molar-refractivity contribution in [3.63, 3.8) is 0 Å². The second kappa shape index (κ2) is 12.1. The first kappa shape index (κ1) is 28.4. The predicted molar refractivity (Wildman–Crippen MR) is 204 cm³/mol. The molecular weight excluding hydrogens is 599 g/mol. The van der Waals surface area contributed by atoms with Gasteiger partial charge in [-0.05, 0) is 98.4 Å². The molecule has 0 spiro atoms. The summed E-state index contributed by atoms with van der Waals surface area (Å²) >= 11 is 1.88. The summed E-state index contributed by atoms with van der Waals surface area (Å²) in [6, 6.07) is 68.1. The number of hydrogen-bond donors (Lipinski definition) is 0. The molecule has 0 saturated heterocycles. The minimum atomic E-state index is 1.11. The third-order valence-electron chi connectivity index (χ3n) is 9.24. The van der Waals surface area contributed by atoms with Gasteiger partial charge in [0.05, 0.1) is 0 Å². The SMILES string of the molecule is c1ccc(-c2cccc(N(c3ccc(-c4ccc5c(c4)Sc4cccc6cccc-5c46)cc3)c3cccc(-c4ccccc4)c3)c2)cc1. The lowest BCUT2D eigenvalue weighted by atomic mass is 9.95. The molecule has 9 rings (SSSR count). The highest BCUT2D eigenvalue weighted by atomic mass is 32.2. The first-order valence-electron chi connectivity index (χ1n) is 16.3. The second-order valence-corrected chi connectivity index (χ2v) is 13.3. The standard InChI is InChI=1S/C46H31NS/c1-3-11-32(12-4-1)36-17-7-19-40(29-36)47(41-20-8-18-37(30-41)33-13-5-2-6-14-33)39-26-23-34(24-27-39)38-25-28-42-43-21-9-15-35-16-10-22-44(46(35)43)48-45(42)31-38/h1-31H. The summed E-state index contributed by atoms with van der Waals surface area (Å²) in [5.74, 6) is 0. The van der Waals surface area contributed by atoms with E-state index >= 15 is 0 Å². The zero-order chi connectivity index (χ0) is 31.9. The van der Waals surface area contributed by atoms with E-state index in [1.807, 2.05) is 11.8 Å². The van der Waals surface area contributed by atoms with Crippen LogP contribution in [0.3, 0.4) is 0 Å². The molecule has 0 aliphatic carbocycles. The fourth-order valence-electron chi connectivity index (χ4n) is 6.90. The van der Waals surface area contributed by atoms with E-state index in [-0.39, 0.29) is 0 Å². The van der Waals surface area contributed by atoms with Crippen LogP contribution < -0.4 is 4.90 Å². The molecule has 1 heterocycles. The second-order valence-electron chi connectivity index (χ2n) is 12.2. The van der Waals surface area contributed by atoms with Gasteiger partial charge >= 0.3 is 0 Å². The molecule has 226 valence electrons. The van der Waals surface area contributed by atoms with Crippen LogP contribution in [0, 0.1) is 0 Å². The Bertz CT molecular complexity index is 2330. The van der Waals surface area contributed by atoms with Gasteiger partial charge in [-0.2, -0.15) is 0 Å². The minimum absolute atomic E-state index is 1.11. The number of hydrogen-bond acceptors (Lipinski definition) is 2. The van der Waals surface area contributed by atoms with E-state index in [9.17, 15) is 0 Å².